The Morgan fingerprint density at radius 2 is 1.81 bits per heavy atom. The number of rotatable bonds is 3. The van der Waals surface area contributed by atoms with Crippen molar-refractivity contribution in [3.05, 3.63) is 78.1 Å². The number of nitrogens with zero attached hydrogens (tertiary/aromatic N) is 3. The zero-order valence-corrected chi connectivity index (χ0v) is 14.0. The zero-order chi connectivity index (χ0) is 18.1. The number of pyridine rings is 1. The predicted molar refractivity (Wildman–Crippen MR) is 103 cm³/mol. The van der Waals surface area contributed by atoms with Gasteiger partial charge in [0.25, 0.3) is 5.91 Å². The highest BCUT2D eigenvalue weighted by atomic mass is 16.1. The fraction of sp³-hybridized carbons (Fsp3) is 0.0500. The van der Waals surface area contributed by atoms with Crippen molar-refractivity contribution in [1.29, 1.82) is 0 Å². The van der Waals surface area contributed by atoms with E-state index in [1.165, 1.54) is 0 Å². The van der Waals surface area contributed by atoms with E-state index in [0.29, 0.717) is 12.1 Å². The van der Waals surface area contributed by atoms with Gasteiger partial charge in [-0.2, -0.15) is 4.99 Å². The van der Waals surface area contributed by atoms with Gasteiger partial charge in [-0.25, -0.2) is 0 Å². The van der Waals surface area contributed by atoms with Gasteiger partial charge in [0.15, 0.2) is 5.96 Å². The average Bonchev–Trinajstić information content (AvgIpc) is 2.96. The highest BCUT2D eigenvalue weighted by Gasteiger charge is 2.13. The number of aromatic nitrogens is 2. The van der Waals surface area contributed by atoms with E-state index < -0.39 is 5.91 Å². The molecule has 0 unspecified atom stereocenters. The van der Waals surface area contributed by atoms with Crippen LogP contribution in [-0.2, 0) is 6.54 Å². The van der Waals surface area contributed by atoms with Gasteiger partial charge in [0.1, 0.15) is 0 Å². The predicted octanol–water partition coefficient (Wildman–Crippen LogP) is 2.65. The highest BCUT2D eigenvalue weighted by Crippen LogP contribution is 2.30. The van der Waals surface area contributed by atoms with Crippen LogP contribution in [0, 0.1) is 0 Å². The molecular formula is C20H17N5O. The van der Waals surface area contributed by atoms with E-state index in [1.54, 1.807) is 12.3 Å². The van der Waals surface area contributed by atoms with Crippen molar-refractivity contribution in [2.75, 3.05) is 0 Å². The first-order valence-corrected chi connectivity index (χ1v) is 8.17. The highest BCUT2D eigenvalue weighted by molar-refractivity contribution is 6.11. The number of guanidine groups is 1. The Morgan fingerprint density at radius 3 is 2.58 bits per heavy atom. The molecule has 6 heteroatoms. The van der Waals surface area contributed by atoms with Crippen LogP contribution in [0.3, 0.4) is 0 Å². The number of hydrogen-bond donors (Lipinski definition) is 2. The van der Waals surface area contributed by atoms with Crippen LogP contribution in [-0.4, -0.2) is 21.4 Å². The molecule has 0 spiro atoms. The number of carbonyl (C=O) groups excluding carboxylic acids is 1. The maximum absolute atomic E-state index is 12.2. The number of para-hydroxylation sites is 1. The van der Waals surface area contributed by atoms with Crippen molar-refractivity contribution < 1.29 is 4.79 Å². The molecule has 4 rings (SSSR count). The summed E-state index contributed by atoms with van der Waals surface area (Å²) in [5, 5.41) is 2.21. The van der Waals surface area contributed by atoms with E-state index >= 15 is 0 Å². The summed E-state index contributed by atoms with van der Waals surface area (Å²) >= 11 is 0. The van der Waals surface area contributed by atoms with Crippen LogP contribution < -0.4 is 11.5 Å². The molecule has 4 N–H and O–H groups in total. The molecule has 2 aromatic carbocycles. The summed E-state index contributed by atoms with van der Waals surface area (Å²) in [7, 11) is 0. The molecule has 6 nitrogen and oxygen atoms in total. The Bertz CT molecular complexity index is 1140. The molecule has 128 valence electrons. The van der Waals surface area contributed by atoms with Gasteiger partial charge in [0.2, 0.25) is 0 Å². The number of nitrogens with two attached hydrogens (primary N) is 2. The molecular weight excluding hydrogens is 326 g/mol. The molecule has 0 aliphatic carbocycles. The van der Waals surface area contributed by atoms with E-state index in [2.05, 4.69) is 26.7 Å². The number of carbonyl (C=O) groups is 1. The largest absolute Gasteiger partial charge is 0.370 e. The number of hydrogen-bond acceptors (Lipinski definition) is 2. The van der Waals surface area contributed by atoms with E-state index in [0.717, 1.165) is 27.4 Å². The monoisotopic (exact) mass is 343 g/mol. The summed E-state index contributed by atoms with van der Waals surface area (Å²) < 4.78 is 2.17. The Hall–Kier alpha value is -3.67. The molecule has 0 aliphatic heterocycles. The Kier molecular flexibility index (Phi) is 3.85. The third-order valence-corrected chi connectivity index (χ3v) is 4.31. The first-order valence-electron chi connectivity index (χ1n) is 8.17. The van der Waals surface area contributed by atoms with Crippen LogP contribution in [0.25, 0.3) is 21.8 Å². The minimum atomic E-state index is -0.454. The lowest BCUT2D eigenvalue weighted by atomic mass is 10.1. The molecule has 26 heavy (non-hydrogen) atoms. The smallest absolute Gasteiger partial charge is 0.280 e. The van der Waals surface area contributed by atoms with E-state index in [9.17, 15) is 4.79 Å². The van der Waals surface area contributed by atoms with Crippen molar-refractivity contribution >= 4 is 33.7 Å². The second kappa shape index (κ2) is 6.33. The molecule has 0 bridgehead atoms. The second-order valence-corrected chi connectivity index (χ2v) is 6.04. The Morgan fingerprint density at radius 1 is 1.00 bits per heavy atom. The summed E-state index contributed by atoms with van der Waals surface area (Å²) in [6.07, 6.45) is 3.59. The maximum Gasteiger partial charge on any atom is 0.280 e. The van der Waals surface area contributed by atoms with Gasteiger partial charge >= 0.3 is 0 Å². The van der Waals surface area contributed by atoms with E-state index in [-0.39, 0.29) is 5.96 Å². The molecule has 0 saturated heterocycles. The normalized spacial score (nSPS) is 10.9. The van der Waals surface area contributed by atoms with Gasteiger partial charge in [0.05, 0.1) is 5.52 Å². The van der Waals surface area contributed by atoms with Gasteiger partial charge in [-0.1, -0.05) is 30.3 Å². The summed E-state index contributed by atoms with van der Waals surface area (Å²) in [6.45, 7) is 0.651. The lowest BCUT2D eigenvalue weighted by Crippen LogP contribution is -2.24. The van der Waals surface area contributed by atoms with Crippen LogP contribution in [0.5, 0.6) is 0 Å². The zero-order valence-electron chi connectivity index (χ0n) is 14.0. The van der Waals surface area contributed by atoms with Crippen molar-refractivity contribution in [1.82, 2.24) is 9.55 Å². The number of amides is 1. The lowest BCUT2D eigenvalue weighted by Gasteiger charge is -2.08. The second-order valence-electron chi connectivity index (χ2n) is 6.04. The third kappa shape index (κ3) is 2.77. The van der Waals surface area contributed by atoms with Gasteiger partial charge in [0, 0.05) is 40.8 Å². The first-order chi connectivity index (χ1) is 12.6. The first kappa shape index (κ1) is 15.8. The van der Waals surface area contributed by atoms with E-state index in [4.69, 9.17) is 11.5 Å². The van der Waals surface area contributed by atoms with Crippen LogP contribution in [0.2, 0.25) is 0 Å². The quantitative estimate of drug-likeness (QED) is 0.441. The van der Waals surface area contributed by atoms with Gasteiger partial charge in [-0.05, 0) is 29.8 Å². The van der Waals surface area contributed by atoms with Crippen LogP contribution in [0.1, 0.15) is 15.9 Å². The van der Waals surface area contributed by atoms with Gasteiger partial charge < -0.3 is 16.0 Å². The minimum absolute atomic E-state index is 0.244. The van der Waals surface area contributed by atoms with Gasteiger partial charge in [-0.3, -0.25) is 9.78 Å². The molecule has 0 radical (unpaired) electrons. The molecule has 0 aliphatic rings. The van der Waals surface area contributed by atoms with Crippen LogP contribution in [0.4, 0.5) is 0 Å². The standard InChI is InChI=1S/C20H17N5O/c21-20(22)24-19(26)14-7-8-16-15-5-1-2-6-17(15)25(18(16)10-14)12-13-4-3-9-23-11-13/h1-11H,12H2,(H4,21,22,24,26). The fourth-order valence-electron chi connectivity index (χ4n) is 3.21. The third-order valence-electron chi connectivity index (χ3n) is 4.31. The number of benzene rings is 2. The van der Waals surface area contributed by atoms with Gasteiger partial charge in [-0.15, -0.1) is 0 Å². The van der Waals surface area contributed by atoms with Crippen molar-refractivity contribution in [3.8, 4) is 0 Å². The minimum Gasteiger partial charge on any atom is -0.370 e. The summed E-state index contributed by atoms with van der Waals surface area (Å²) in [5.74, 6) is -0.698. The van der Waals surface area contributed by atoms with E-state index in [1.807, 2.05) is 42.6 Å². The van der Waals surface area contributed by atoms with Crippen molar-refractivity contribution in [2.45, 2.75) is 6.54 Å². The average molecular weight is 343 g/mol. The summed E-state index contributed by atoms with van der Waals surface area (Å²) in [4.78, 5) is 20.0. The number of fused-ring (bicyclic) bond motifs is 3. The molecule has 2 heterocycles. The van der Waals surface area contributed by atoms with Crippen LogP contribution >= 0.6 is 0 Å². The van der Waals surface area contributed by atoms with Crippen molar-refractivity contribution in [3.63, 3.8) is 0 Å². The molecule has 1 amide bonds. The Labute approximate surface area is 149 Å². The van der Waals surface area contributed by atoms with Crippen molar-refractivity contribution in [2.24, 2.45) is 16.5 Å². The molecule has 4 aromatic rings. The molecule has 0 atom stereocenters. The van der Waals surface area contributed by atoms with Crippen LogP contribution in [0.15, 0.2) is 72.0 Å². The Balaban J connectivity index is 1.94. The number of aliphatic imine (C=N–C) groups is 1. The molecule has 0 fully saturated rings. The molecule has 2 aromatic heterocycles. The summed E-state index contributed by atoms with van der Waals surface area (Å²) in [6, 6.07) is 17.6. The lowest BCUT2D eigenvalue weighted by molar-refractivity contribution is 0.100. The SMILES string of the molecule is NC(N)=NC(=O)c1ccc2c3ccccc3n(Cc3cccnc3)c2c1. The summed E-state index contributed by atoms with van der Waals surface area (Å²) in [5.41, 5.74) is 14.2. The maximum atomic E-state index is 12.2. The topological polar surface area (TPSA) is 99.3 Å². The fourth-order valence-corrected chi connectivity index (χ4v) is 3.21. The molecule has 0 saturated carbocycles.